The molecule has 1 atom stereocenters. The van der Waals surface area contributed by atoms with Crippen LogP contribution in [0.15, 0.2) is 12.1 Å². The van der Waals surface area contributed by atoms with E-state index in [2.05, 4.69) is 5.32 Å². The molecule has 21 heavy (non-hydrogen) atoms. The first-order valence-corrected chi connectivity index (χ1v) is 6.15. The third kappa shape index (κ3) is 4.70. The van der Waals surface area contributed by atoms with Crippen molar-refractivity contribution < 1.29 is 27.8 Å². The van der Waals surface area contributed by atoms with Gasteiger partial charge in [0.15, 0.2) is 11.6 Å². The summed E-state index contributed by atoms with van der Waals surface area (Å²) in [7, 11) is 1.24. The first-order chi connectivity index (χ1) is 9.67. The van der Waals surface area contributed by atoms with Gasteiger partial charge in [-0.15, -0.1) is 0 Å². The molecule has 1 N–H and O–H groups in total. The molecule has 1 aromatic rings. The molecule has 0 radical (unpaired) electrons. The van der Waals surface area contributed by atoms with E-state index in [-0.39, 0.29) is 11.3 Å². The Morgan fingerprint density at radius 2 is 1.86 bits per heavy atom. The molecule has 0 heterocycles. The summed E-state index contributed by atoms with van der Waals surface area (Å²) in [6.07, 6.45) is -0.481. The number of methoxy groups -OCH3 is 1. The molecule has 0 aromatic heterocycles. The van der Waals surface area contributed by atoms with Crippen LogP contribution in [0.2, 0.25) is 0 Å². The summed E-state index contributed by atoms with van der Waals surface area (Å²) in [5, 5.41) is 2.26. The Hall–Kier alpha value is -2.18. The SMILES string of the molecule is COc1cc(F)c(F)cc1C(C=O)NC(=O)OC(C)(C)C. The van der Waals surface area contributed by atoms with E-state index in [1.165, 1.54) is 7.11 Å². The number of carbonyl (C=O) groups excluding carboxylic acids is 2. The zero-order valence-corrected chi connectivity index (χ0v) is 12.2. The molecule has 0 saturated carbocycles. The summed E-state index contributed by atoms with van der Waals surface area (Å²) in [5.41, 5.74) is -0.757. The van der Waals surface area contributed by atoms with Crippen molar-refractivity contribution in [3.05, 3.63) is 29.3 Å². The lowest BCUT2D eigenvalue weighted by Crippen LogP contribution is -2.35. The van der Waals surface area contributed by atoms with Crippen LogP contribution in [0.5, 0.6) is 5.75 Å². The van der Waals surface area contributed by atoms with Crippen LogP contribution < -0.4 is 10.1 Å². The Morgan fingerprint density at radius 1 is 1.29 bits per heavy atom. The normalized spacial score (nSPS) is 12.5. The van der Waals surface area contributed by atoms with E-state index in [4.69, 9.17) is 9.47 Å². The topological polar surface area (TPSA) is 64.6 Å². The number of aldehydes is 1. The fourth-order valence-corrected chi connectivity index (χ4v) is 1.58. The van der Waals surface area contributed by atoms with Gasteiger partial charge in [0, 0.05) is 11.6 Å². The highest BCUT2D eigenvalue weighted by Crippen LogP contribution is 2.27. The van der Waals surface area contributed by atoms with E-state index < -0.39 is 29.4 Å². The standard InChI is InChI=1S/C14H17F2NO4/c1-14(2,3)21-13(19)17-11(7-18)8-5-9(15)10(16)6-12(8)20-4/h5-7,11H,1-4H3,(H,17,19). The molecule has 0 saturated heterocycles. The third-order valence-electron chi connectivity index (χ3n) is 2.42. The van der Waals surface area contributed by atoms with Gasteiger partial charge in [0.2, 0.25) is 0 Å². The highest BCUT2D eigenvalue weighted by molar-refractivity contribution is 5.75. The quantitative estimate of drug-likeness (QED) is 0.869. The average molecular weight is 301 g/mol. The number of rotatable bonds is 4. The Balaban J connectivity index is 3.03. The average Bonchev–Trinajstić information content (AvgIpc) is 2.36. The summed E-state index contributed by atoms with van der Waals surface area (Å²) in [6.45, 7) is 4.96. The van der Waals surface area contributed by atoms with Gasteiger partial charge >= 0.3 is 6.09 Å². The summed E-state index contributed by atoms with van der Waals surface area (Å²) >= 11 is 0. The van der Waals surface area contributed by atoms with Gasteiger partial charge in [-0.3, -0.25) is 0 Å². The van der Waals surface area contributed by atoms with E-state index in [1.807, 2.05) is 0 Å². The molecule has 0 aliphatic rings. The number of nitrogens with one attached hydrogen (secondary N) is 1. The van der Waals surface area contributed by atoms with Crippen LogP contribution in [0.4, 0.5) is 13.6 Å². The van der Waals surface area contributed by atoms with Crippen molar-refractivity contribution in [2.24, 2.45) is 0 Å². The zero-order chi connectivity index (χ0) is 16.2. The van der Waals surface area contributed by atoms with Crippen LogP contribution in [-0.2, 0) is 9.53 Å². The number of carbonyl (C=O) groups is 2. The van der Waals surface area contributed by atoms with Crippen LogP contribution in [-0.4, -0.2) is 25.1 Å². The predicted octanol–water partition coefficient (Wildman–Crippen LogP) is 2.74. The van der Waals surface area contributed by atoms with Crippen molar-refractivity contribution >= 4 is 12.4 Å². The molecular formula is C14H17F2NO4. The maximum atomic E-state index is 13.3. The van der Waals surface area contributed by atoms with Crippen molar-refractivity contribution in [2.45, 2.75) is 32.4 Å². The van der Waals surface area contributed by atoms with Crippen LogP contribution in [0.1, 0.15) is 32.4 Å². The maximum absolute atomic E-state index is 13.3. The fraction of sp³-hybridized carbons (Fsp3) is 0.429. The number of hydrogen-bond acceptors (Lipinski definition) is 4. The number of hydrogen-bond donors (Lipinski definition) is 1. The molecule has 1 aromatic carbocycles. The van der Waals surface area contributed by atoms with Crippen LogP contribution in [0, 0.1) is 11.6 Å². The zero-order valence-electron chi connectivity index (χ0n) is 12.2. The van der Waals surface area contributed by atoms with Gasteiger partial charge in [0.1, 0.15) is 23.7 Å². The lowest BCUT2D eigenvalue weighted by atomic mass is 10.1. The Kier molecular flexibility index (Phi) is 5.23. The maximum Gasteiger partial charge on any atom is 0.408 e. The molecular weight excluding hydrogens is 284 g/mol. The van der Waals surface area contributed by atoms with Gasteiger partial charge in [-0.25, -0.2) is 13.6 Å². The minimum absolute atomic E-state index is 0.00254. The van der Waals surface area contributed by atoms with Gasteiger partial charge in [-0.2, -0.15) is 0 Å². The number of benzene rings is 1. The number of amides is 1. The van der Waals surface area contributed by atoms with E-state index in [0.717, 1.165) is 12.1 Å². The minimum atomic E-state index is -1.22. The van der Waals surface area contributed by atoms with Crippen molar-refractivity contribution in [1.29, 1.82) is 0 Å². The van der Waals surface area contributed by atoms with E-state index in [1.54, 1.807) is 20.8 Å². The largest absolute Gasteiger partial charge is 0.496 e. The third-order valence-corrected chi connectivity index (χ3v) is 2.42. The van der Waals surface area contributed by atoms with Crippen LogP contribution >= 0.6 is 0 Å². The second-order valence-electron chi connectivity index (χ2n) is 5.27. The Bertz CT molecular complexity index is 541. The lowest BCUT2D eigenvalue weighted by Gasteiger charge is -2.22. The molecule has 0 bridgehead atoms. The summed E-state index contributed by atoms with van der Waals surface area (Å²) in [6, 6.07) is 0.382. The van der Waals surface area contributed by atoms with Gasteiger partial charge < -0.3 is 19.6 Å². The van der Waals surface area contributed by atoms with Gasteiger partial charge in [0.05, 0.1) is 7.11 Å². The Labute approximate surface area is 121 Å². The van der Waals surface area contributed by atoms with E-state index in [0.29, 0.717) is 6.29 Å². The van der Waals surface area contributed by atoms with Crippen molar-refractivity contribution in [3.8, 4) is 5.75 Å². The van der Waals surface area contributed by atoms with Crippen molar-refractivity contribution in [1.82, 2.24) is 5.32 Å². The lowest BCUT2D eigenvalue weighted by molar-refractivity contribution is -0.109. The van der Waals surface area contributed by atoms with Crippen LogP contribution in [0.25, 0.3) is 0 Å². The fourth-order valence-electron chi connectivity index (χ4n) is 1.58. The second kappa shape index (κ2) is 6.51. The molecule has 1 rings (SSSR count). The first kappa shape index (κ1) is 16.9. The van der Waals surface area contributed by atoms with E-state index >= 15 is 0 Å². The van der Waals surface area contributed by atoms with Crippen molar-refractivity contribution in [3.63, 3.8) is 0 Å². The molecule has 5 nitrogen and oxygen atoms in total. The number of ether oxygens (including phenoxy) is 2. The molecule has 116 valence electrons. The van der Waals surface area contributed by atoms with Gasteiger partial charge in [-0.1, -0.05) is 0 Å². The molecule has 0 spiro atoms. The monoisotopic (exact) mass is 301 g/mol. The predicted molar refractivity (Wildman–Crippen MR) is 71.1 cm³/mol. The summed E-state index contributed by atoms with van der Waals surface area (Å²) in [5.74, 6) is -2.32. The molecule has 1 unspecified atom stereocenters. The summed E-state index contributed by atoms with van der Waals surface area (Å²) in [4.78, 5) is 22.8. The van der Waals surface area contributed by atoms with Gasteiger partial charge in [0.25, 0.3) is 0 Å². The molecule has 0 aliphatic carbocycles. The van der Waals surface area contributed by atoms with Crippen LogP contribution in [0.3, 0.4) is 0 Å². The Morgan fingerprint density at radius 3 is 2.33 bits per heavy atom. The second-order valence-corrected chi connectivity index (χ2v) is 5.27. The highest BCUT2D eigenvalue weighted by Gasteiger charge is 2.23. The highest BCUT2D eigenvalue weighted by atomic mass is 19.2. The molecule has 7 heteroatoms. The van der Waals surface area contributed by atoms with Gasteiger partial charge in [-0.05, 0) is 26.8 Å². The smallest absolute Gasteiger partial charge is 0.408 e. The first-order valence-electron chi connectivity index (χ1n) is 6.15. The van der Waals surface area contributed by atoms with Crippen molar-refractivity contribution in [2.75, 3.05) is 7.11 Å². The molecule has 0 fully saturated rings. The molecule has 1 amide bonds. The van der Waals surface area contributed by atoms with E-state index in [9.17, 15) is 18.4 Å². The number of halogens is 2. The number of alkyl carbamates (subject to hydrolysis) is 1. The molecule has 0 aliphatic heterocycles. The summed E-state index contributed by atoms with van der Waals surface area (Å²) < 4.78 is 36.3. The minimum Gasteiger partial charge on any atom is -0.496 e.